The molecule has 0 aliphatic heterocycles. The average Bonchev–Trinajstić information content (AvgIpc) is 2.89. The van der Waals surface area contributed by atoms with E-state index in [1.807, 2.05) is 0 Å². The number of ether oxygens (including phenoxy) is 1. The molecule has 1 heterocycles. The van der Waals surface area contributed by atoms with Crippen LogP contribution in [0.4, 0.5) is 5.69 Å². The molecule has 0 unspecified atom stereocenters. The molecular formula is C27H35Cl2N3O3. The van der Waals surface area contributed by atoms with Crippen molar-refractivity contribution in [2.75, 3.05) is 36.3 Å². The smallest absolute Gasteiger partial charge is 0.306 e. The first-order valence-corrected chi connectivity index (χ1v) is 13.5. The molecule has 0 atom stereocenters. The fraction of sp³-hybridized carbons (Fsp3) is 0.519. The van der Waals surface area contributed by atoms with Crippen LogP contribution in [0.3, 0.4) is 0 Å². The summed E-state index contributed by atoms with van der Waals surface area (Å²) in [5, 5.41) is 2.95. The second kappa shape index (κ2) is 14.3. The Labute approximate surface area is 218 Å². The molecule has 0 spiro atoms. The highest BCUT2D eigenvalue weighted by atomic mass is 35.5. The van der Waals surface area contributed by atoms with Crippen LogP contribution in [0.2, 0.25) is 0 Å². The quantitative estimate of drug-likeness (QED) is 0.284. The van der Waals surface area contributed by atoms with E-state index in [-0.39, 0.29) is 11.9 Å². The number of benzene rings is 1. The SMILES string of the molecule is O=C(CCCc1ccc(N(CCCl)CCCl)cc1)OC1(CNC(=O)c2cccnc2)CCCCC1. The largest absolute Gasteiger partial charge is 0.457 e. The Morgan fingerprint density at radius 2 is 1.74 bits per heavy atom. The number of nitrogens with one attached hydrogen (secondary N) is 1. The van der Waals surface area contributed by atoms with Gasteiger partial charge in [0, 0.05) is 49.4 Å². The van der Waals surface area contributed by atoms with E-state index in [0.717, 1.165) is 57.3 Å². The number of hydrogen-bond donors (Lipinski definition) is 1. The second-order valence-corrected chi connectivity index (χ2v) is 9.78. The van der Waals surface area contributed by atoms with E-state index in [9.17, 15) is 9.59 Å². The zero-order valence-electron chi connectivity index (χ0n) is 20.2. The number of pyridine rings is 1. The first-order chi connectivity index (χ1) is 17.0. The van der Waals surface area contributed by atoms with Gasteiger partial charge in [-0.25, -0.2) is 0 Å². The van der Waals surface area contributed by atoms with Crippen molar-refractivity contribution in [2.24, 2.45) is 0 Å². The fourth-order valence-electron chi connectivity index (χ4n) is 4.53. The summed E-state index contributed by atoms with van der Waals surface area (Å²) in [5.41, 5.74) is 2.16. The molecule has 190 valence electrons. The van der Waals surface area contributed by atoms with Gasteiger partial charge in [-0.3, -0.25) is 14.6 Å². The molecule has 0 saturated heterocycles. The highest BCUT2D eigenvalue weighted by molar-refractivity contribution is 6.18. The maximum absolute atomic E-state index is 12.7. The summed E-state index contributed by atoms with van der Waals surface area (Å²) in [6, 6.07) is 11.8. The Bertz CT molecular complexity index is 913. The van der Waals surface area contributed by atoms with Crippen molar-refractivity contribution in [2.45, 2.75) is 57.0 Å². The van der Waals surface area contributed by atoms with Crippen LogP contribution >= 0.6 is 23.2 Å². The lowest BCUT2D eigenvalue weighted by Crippen LogP contribution is -2.47. The topological polar surface area (TPSA) is 71.5 Å². The third kappa shape index (κ3) is 8.69. The molecule has 1 aliphatic carbocycles. The number of hydrogen-bond acceptors (Lipinski definition) is 5. The zero-order chi connectivity index (χ0) is 24.9. The van der Waals surface area contributed by atoms with Gasteiger partial charge >= 0.3 is 5.97 Å². The summed E-state index contributed by atoms with van der Waals surface area (Å²) in [4.78, 5) is 31.4. The van der Waals surface area contributed by atoms with E-state index in [4.69, 9.17) is 27.9 Å². The Kier molecular flexibility index (Phi) is 11.1. The van der Waals surface area contributed by atoms with Crippen molar-refractivity contribution in [3.05, 3.63) is 59.9 Å². The summed E-state index contributed by atoms with van der Waals surface area (Å²) >= 11 is 11.8. The van der Waals surface area contributed by atoms with E-state index in [0.29, 0.717) is 36.7 Å². The Morgan fingerprint density at radius 3 is 2.37 bits per heavy atom. The molecule has 1 amide bonds. The molecule has 1 saturated carbocycles. The highest BCUT2D eigenvalue weighted by Gasteiger charge is 2.36. The number of anilines is 1. The van der Waals surface area contributed by atoms with Crippen LogP contribution in [0.25, 0.3) is 0 Å². The molecule has 6 nitrogen and oxygen atoms in total. The minimum atomic E-state index is -0.622. The van der Waals surface area contributed by atoms with Crippen LogP contribution in [0.1, 0.15) is 60.9 Å². The molecule has 1 aliphatic rings. The van der Waals surface area contributed by atoms with Crippen molar-refractivity contribution < 1.29 is 14.3 Å². The fourth-order valence-corrected chi connectivity index (χ4v) is 4.94. The molecule has 1 fully saturated rings. The van der Waals surface area contributed by atoms with Gasteiger partial charge in [0.1, 0.15) is 5.60 Å². The van der Waals surface area contributed by atoms with Gasteiger partial charge in [0.2, 0.25) is 0 Å². The number of amides is 1. The monoisotopic (exact) mass is 519 g/mol. The Balaban J connectivity index is 1.48. The number of nitrogens with zero attached hydrogens (tertiary/aromatic N) is 2. The molecule has 8 heteroatoms. The first kappa shape index (κ1) is 27.3. The predicted octanol–water partition coefficient (Wildman–Crippen LogP) is 5.36. The summed E-state index contributed by atoms with van der Waals surface area (Å²) in [6.45, 7) is 1.84. The van der Waals surface area contributed by atoms with E-state index >= 15 is 0 Å². The first-order valence-electron chi connectivity index (χ1n) is 12.4. The number of alkyl halides is 2. The summed E-state index contributed by atoms with van der Waals surface area (Å²) in [5.74, 6) is 0.706. The average molecular weight is 521 g/mol. The van der Waals surface area contributed by atoms with Crippen LogP contribution in [-0.4, -0.2) is 53.9 Å². The summed E-state index contributed by atoms with van der Waals surface area (Å²) in [7, 11) is 0. The van der Waals surface area contributed by atoms with Gasteiger partial charge in [-0.15, -0.1) is 23.2 Å². The summed E-state index contributed by atoms with van der Waals surface area (Å²) in [6.07, 6.45) is 9.68. The molecule has 2 aromatic rings. The minimum Gasteiger partial charge on any atom is -0.457 e. The third-order valence-electron chi connectivity index (χ3n) is 6.45. The lowest BCUT2D eigenvalue weighted by molar-refractivity contribution is -0.162. The molecule has 3 rings (SSSR count). The standard InChI is InChI=1S/C27H35Cl2N3O3/c28-15-18-32(19-16-29)24-11-9-22(10-12-24)6-4-8-25(33)35-27(13-2-1-3-14-27)21-31-26(34)23-7-5-17-30-20-23/h5,7,9-12,17,20H,1-4,6,8,13-16,18-19,21H2,(H,31,34). The molecule has 0 radical (unpaired) electrons. The van der Waals surface area contributed by atoms with Gasteiger partial charge in [-0.05, 0) is 68.4 Å². The zero-order valence-corrected chi connectivity index (χ0v) is 21.7. The minimum absolute atomic E-state index is 0.196. The Hall–Kier alpha value is -2.31. The van der Waals surface area contributed by atoms with Gasteiger partial charge in [0.05, 0.1) is 12.1 Å². The lowest BCUT2D eigenvalue weighted by atomic mass is 9.84. The van der Waals surface area contributed by atoms with Crippen molar-refractivity contribution >= 4 is 40.8 Å². The van der Waals surface area contributed by atoms with Crippen LogP contribution in [0.15, 0.2) is 48.8 Å². The van der Waals surface area contributed by atoms with Gasteiger partial charge in [0.15, 0.2) is 0 Å². The molecule has 1 aromatic carbocycles. The van der Waals surface area contributed by atoms with Crippen LogP contribution < -0.4 is 10.2 Å². The van der Waals surface area contributed by atoms with E-state index in [2.05, 4.69) is 39.5 Å². The molecule has 35 heavy (non-hydrogen) atoms. The van der Waals surface area contributed by atoms with Crippen LogP contribution in [0, 0.1) is 0 Å². The molecular weight excluding hydrogens is 485 g/mol. The van der Waals surface area contributed by atoms with Gasteiger partial charge in [-0.2, -0.15) is 0 Å². The van der Waals surface area contributed by atoms with Crippen LogP contribution in [0.5, 0.6) is 0 Å². The number of halogens is 2. The van der Waals surface area contributed by atoms with Crippen LogP contribution in [-0.2, 0) is 16.0 Å². The van der Waals surface area contributed by atoms with E-state index < -0.39 is 5.60 Å². The Morgan fingerprint density at radius 1 is 1.03 bits per heavy atom. The number of carbonyl (C=O) groups is 2. The van der Waals surface area contributed by atoms with Crippen molar-refractivity contribution in [1.82, 2.24) is 10.3 Å². The number of aryl methyl sites for hydroxylation is 1. The molecule has 1 aromatic heterocycles. The van der Waals surface area contributed by atoms with Crippen molar-refractivity contribution in [1.29, 1.82) is 0 Å². The molecule has 1 N–H and O–H groups in total. The van der Waals surface area contributed by atoms with Crippen molar-refractivity contribution in [3.63, 3.8) is 0 Å². The third-order valence-corrected chi connectivity index (χ3v) is 6.78. The van der Waals surface area contributed by atoms with E-state index in [1.165, 1.54) is 11.8 Å². The van der Waals surface area contributed by atoms with Gasteiger partial charge in [-0.1, -0.05) is 18.6 Å². The maximum Gasteiger partial charge on any atom is 0.306 e. The van der Waals surface area contributed by atoms with Crippen molar-refractivity contribution in [3.8, 4) is 0 Å². The van der Waals surface area contributed by atoms with Gasteiger partial charge < -0.3 is 15.0 Å². The molecule has 0 bridgehead atoms. The number of carbonyl (C=O) groups excluding carboxylic acids is 2. The number of esters is 1. The summed E-state index contributed by atoms with van der Waals surface area (Å²) < 4.78 is 6.01. The number of aromatic nitrogens is 1. The predicted molar refractivity (Wildman–Crippen MR) is 142 cm³/mol. The highest BCUT2D eigenvalue weighted by Crippen LogP contribution is 2.32. The maximum atomic E-state index is 12.7. The van der Waals surface area contributed by atoms with Gasteiger partial charge in [0.25, 0.3) is 5.91 Å². The lowest BCUT2D eigenvalue weighted by Gasteiger charge is -2.37. The normalized spacial score (nSPS) is 14.8. The second-order valence-electron chi connectivity index (χ2n) is 9.03. The number of rotatable bonds is 13. The van der Waals surface area contributed by atoms with E-state index in [1.54, 1.807) is 18.3 Å².